The van der Waals surface area contributed by atoms with Gasteiger partial charge in [-0.3, -0.25) is 4.40 Å². The minimum absolute atomic E-state index is 0.0741. The number of thiazole rings is 1. The topological polar surface area (TPSA) is 55.8 Å². The Morgan fingerprint density at radius 1 is 1.55 bits per heavy atom. The quantitative estimate of drug-likeness (QED) is 0.936. The van der Waals surface area contributed by atoms with Crippen LogP contribution in [0, 0.1) is 0 Å². The highest BCUT2D eigenvalue weighted by molar-refractivity contribution is 7.15. The van der Waals surface area contributed by atoms with Crippen molar-refractivity contribution >= 4 is 22.1 Å². The molecule has 0 aliphatic carbocycles. The van der Waals surface area contributed by atoms with E-state index in [1.807, 2.05) is 0 Å². The number of hydrogen-bond acceptors (Lipinski definition) is 5. The van der Waals surface area contributed by atoms with Crippen LogP contribution in [-0.4, -0.2) is 41.7 Å². The number of rotatable bonds is 4. The molecule has 2 aromatic rings. The Bertz CT molecular complexity index is 593. The lowest BCUT2D eigenvalue weighted by Gasteiger charge is -2.40. The first-order valence-electron chi connectivity index (χ1n) is 7.11. The maximum atomic E-state index is 5.78. The Balaban J connectivity index is 1.96. The number of piperidine rings is 1. The highest BCUT2D eigenvalue weighted by Crippen LogP contribution is 2.31. The molecule has 1 atom stereocenters. The lowest BCUT2D eigenvalue weighted by molar-refractivity contribution is -0.00482. The van der Waals surface area contributed by atoms with Gasteiger partial charge in [0.05, 0.1) is 11.3 Å². The van der Waals surface area contributed by atoms with Gasteiger partial charge in [0.2, 0.25) is 0 Å². The number of ether oxygens (including phenoxy) is 1. The summed E-state index contributed by atoms with van der Waals surface area (Å²) in [6.07, 6.45) is 5.18. The molecule has 1 unspecified atom stereocenters. The molecular formula is C14H22N4OS. The van der Waals surface area contributed by atoms with Gasteiger partial charge in [0, 0.05) is 38.2 Å². The van der Waals surface area contributed by atoms with Gasteiger partial charge in [-0.2, -0.15) is 0 Å². The van der Waals surface area contributed by atoms with Crippen LogP contribution in [0.25, 0.3) is 4.96 Å². The number of imidazole rings is 1. The van der Waals surface area contributed by atoms with Crippen molar-refractivity contribution in [2.75, 3.05) is 31.6 Å². The summed E-state index contributed by atoms with van der Waals surface area (Å²) in [6.45, 7) is 4.76. The SMILES string of the molecule is COC1(C)CCCN(c2nc3sccn3c2CCN)C1. The van der Waals surface area contributed by atoms with Crippen molar-refractivity contribution in [2.24, 2.45) is 5.73 Å². The molecule has 1 fully saturated rings. The Morgan fingerprint density at radius 2 is 2.40 bits per heavy atom. The summed E-state index contributed by atoms with van der Waals surface area (Å²) in [7, 11) is 1.80. The van der Waals surface area contributed by atoms with Crippen molar-refractivity contribution in [3.8, 4) is 0 Å². The van der Waals surface area contributed by atoms with E-state index in [2.05, 4.69) is 27.8 Å². The lowest BCUT2D eigenvalue weighted by Crippen LogP contribution is -2.48. The molecule has 2 aromatic heterocycles. The van der Waals surface area contributed by atoms with Crippen LogP contribution in [0.2, 0.25) is 0 Å². The molecule has 0 spiro atoms. The Morgan fingerprint density at radius 3 is 3.15 bits per heavy atom. The van der Waals surface area contributed by atoms with Crippen molar-refractivity contribution in [3.05, 3.63) is 17.3 Å². The van der Waals surface area contributed by atoms with E-state index in [9.17, 15) is 0 Å². The molecule has 3 heterocycles. The van der Waals surface area contributed by atoms with Gasteiger partial charge in [-0.15, -0.1) is 11.3 Å². The smallest absolute Gasteiger partial charge is 0.195 e. The fraction of sp³-hybridized carbons (Fsp3) is 0.643. The summed E-state index contributed by atoms with van der Waals surface area (Å²) in [4.78, 5) is 8.22. The summed E-state index contributed by atoms with van der Waals surface area (Å²) >= 11 is 1.67. The summed E-state index contributed by atoms with van der Waals surface area (Å²) < 4.78 is 7.86. The molecule has 20 heavy (non-hydrogen) atoms. The third-order valence-electron chi connectivity index (χ3n) is 4.17. The zero-order valence-electron chi connectivity index (χ0n) is 12.1. The second-order valence-corrected chi connectivity index (χ2v) is 6.53. The molecule has 6 heteroatoms. The lowest BCUT2D eigenvalue weighted by atomic mass is 9.94. The van der Waals surface area contributed by atoms with Crippen LogP contribution in [0.5, 0.6) is 0 Å². The number of hydrogen-bond donors (Lipinski definition) is 1. The normalized spacial score (nSPS) is 23.6. The standard InChI is InChI=1S/C14H22N4OS/c1-14(19-2)5-3-7-17(10-14)12-11(4-6-15)18-8-9-20-13(18)16-12/h8-9H,3-7,10,15H2,1-2H3. The maximum Gasteiger partial charge on any atom is 0.195 e. The van der Waals surface area contributed by atoms with Crippen molar-refractivity contribution in [1.82, 2.24) is 9.38 Å². The highest BCUT2D eigenvalue weighted by atomic mass is 32.1. The largest absolute Gasteiger partial charge is 0.377 e. The Hall–Kier alpha value is -1.11. The van der Waals surface area contributed by atoms with Gasteiger partial charge in [-0.05, 0) is 26.3 Å². The molecule has 1 saturated heterocycles. The Labute approximate surface area is 123 Å². The molecule has 2 N–H and O–H groups in total. The maximum absolute atomic E-state index is 5.78. The molecule has 1 aliphatic rings. The summed E-state index contributed by atoms with van der Waals surface area (Å²) in [6, 6.07) is 0. The molecule has 110 valence electrons. The van der Waals surface area contributed by atoms with Gasteiger partial charge in [0.1, 0.15) is 0 Å². The van der Waals surface area contributed by atoms with E-state index in [-0.39, 0.29) is 5.60 Å². The molecule has 0 amide bonds. The number of aromatic nitrogens is 2. The van der Waals surface area contributed by atoms with Gasteiger partial charge >= 0.3 is 0 Å². The number of methoxy groups -OCH3 is 1. The monoisotopic (exact) mass is 294 g/mol. The van der Waals surface area contributed by atoms with E-state index in [0.29, 0.717) is 6.54 Å². The first kappa shape index (κ1) is 13.9. The van der Waals surface area contributed by atoms with Gasteiger partial charge < -0.3 is 15.4 Å². The number of anilines is 1. The van der Waals surface area contributed by atoms with Crippen LogP contribution < -0.4 is 10.6 Å². The molecule has 0 radical (unpaired) electrons. The summed E-state index contributed by atoms with van der Waals surface area (Å²) in [5.74, 6) is 1.09. The minimum Gasteiger partial charge on any atom is -0.377 e. The molecule has 0 saturated carbocycles. The second kappa shape index (κ2) is 5.35. The number of nitrogens with two attached hydrogens (primary N) is 1. The molecule has 3 rings (SSSR count). The molecule has 5 nitrogen and oxygen atoms in total. The van der Waals surface area contributed by atoms with E-state index in [1.165, 1.54) is 5.69 Å². The fourth-order valence-electron chi connectivity index (χ4n) is 3.00. The average molecular weight is 294 g/mol. The van der Waals surface area contributed by atoms with Gasteiger partial charge in [0.15, 0.2) is 10.8 Å². The van der Waals surface area contributed by atoms with Crippen LogP contribution in [0.15, 0.2) is 11.6 Å². The highest BCUT2D eigenvalue weighted by Gasteiger charge is 2.33. The van der Waals surface area contributed by atoms with E-state index >= 15 is 0 Å². The predicted molar refractivity (Wildman–Crippen MR) is 82.7 cm³/mol. The van der Waals surface area contributed by atoms with Crippen molar-refractivity contribution < 1.29 is 4.74 Å². The predicted octanol–water partition coefficient (Wildman–Crippen LogP) is 1.90. The third kappa shape index (κ3) is 2.32. The van der Waals surface area contributed by atoms with Crippen LogP contribution in [0.3, 0.4) is 0 Å². The molecule has 0 aromatic carbocycles. The van der Waals surface area contributed by atoms with E-state index in [0.717, 1.165) is 43.1 Å². The van der Waals surface area contributed by atoms with Gasteiger partial charge in [-0.1, -0.05) is 0 Å². The van der Waals surface area contributed by atoms with E-state index in [4.69, 9.17) is 15.5 Å². The fourth-order valence-corrected chi connectivity index (χ4v) is 3.72. The first-order chi connectivity index (χ1) is 9.67. The van der Waals surface area contributed by atoms with Crippen LogP contribution in [0.1, 0.15) is 25.5 Å². The van der Waals surface area contributed by atoms with Crippen LogP contribution >= 0.6 is 11.3 Å². The summed E-state index contributed by atoms with van der Waals surface area (Å²) in [5, 5.41) is 2.07. The minimum atomic E-state index is -0.0741. The number of fused-ring (bicyclic) bond motifs is 1. The first-order valence-corrected chi connectivity index (χ1v) is 7.99. The van der Waals surface area contributed by atoms with Crippen molar-refractivity contribution in [3.63, 3.8) is 0 Å². The van der Waals surface area contributed by atoms with Crippen molar-refractivity contribution in [1.29, 1.82) is 0 Å². The third-order valence-corrected chi connectivity index (χ3v) is 4.93. The van der Waals surface area contributed by atoms with Gasteiger partial charge in [-0.25, -0.2) is 4.98 Å². The Kier molecular flexibility index (Phi) is 3.70. The van der Waals surface area contributed by atoms with E-state index < -0.39 is 0 Å². The zero-order valence-corrected chi connectivity index (χ0v) is 12.9. The van der Waals surface area contributed by atoms with Crippen LogP contribution in [-0.2, 0) is 11.2 Å². The van der Waals surface area contributed by atoms with Gasteiger partial charge in [0.25, 0.3) is 0 Å². The molecule has 0 bridgehead atoms. The second-order valence-electron chi connectivity index (χ2n) is 5.66. The average Bonchev–Trinajstić information content (AvgIpc) is 3.02. The molecular weight excluding hydrogens is 272 g/mol. The van der Waals surface area contributed by atoms with Crippen molar-refractivity contribution in [2.45, 2.75) is 31.8 Å². The number of nitrogens with zero attached hydrogens (tertiary/aromatic N) is 3. The van der Waals surface area contributed by atoms with Crippen LogP contribution in [0.4, 0.5) is 5.82 Å². The summed E-state index contributed by atoms with van der Waals surface area (Å²) in [5.41, 5.74) is 6.93. The zero-order chi connectivity index (χ0) is 14.2. The van der Waals surface area contributed by atoms with E-state index in [1.54, 1.807) is 18.4 Å². The molecule has 1 aliphatic heterocycles.